The first-order chi connectivity index (χ1) is 12.6. The van der Waals surface area contributed by atoms with E-state index in [4.69, 9.17) is 4.74 Å². The third-order valence-electron chi connectivity index (χ3n) is 4.17. The number of nitrogens with zero attached hydrogens (tertiary/aromatic N) is 3. The Morgan fingerprint density at radius 1 is 1.23 bits per heavy atom. The number of nitrogens with one attached hydrogen (secondary N) is 1. The molecule has 1 N–H and O–H groups in total. The van der Waals surface area contributed by atoms with Crippen LogP contribution in [0.5, 0.6) is 0 Å². The Morgan fingerprint density at radius 2 is 2.00 bits per heavy atom. The molecule has 0 atom stereocenters. The van der Waals surface area contributed by atoms with Gasteiger partial charge in [-0.1, -0.05) is 29.5 Å². The van der Waals surface area contributed by atoms with Crippen molar-refractivity contribution in [1.82, 2.24) is 14.8 Å². The lowest BCUT2D eigenvalue weighted by Crippen LogP contribution is -2.09. The average Bonchev–Trinajstić information content (AvgIpc) is 3.21. The molecule has 0 radical (unpaired) electrons. The van der Waals surface area contributed by atoms with Crippen LogP contribution in [-0.2, 0) is 22.4 Å². The fourth-order valence-electron chi connectivity index (χ4n) is 3.09. The second kappa shape index (κ2) is 6.38. The van der Waals surface area contributed by atoms with Crippen LogP contribution in [0.15, 0.2) is 30.3 Å². The molecule has 0 saturated heterocycles. The van der Waals surface area contributed by atoms with Gasteiger partial charge in [-0.2, -0.15) is 5.10 Å². The fraction of sp³-hybridized carbons (Fsp3) is 0.222. The lowest BCUT2D eigenvalue weighted by Gasteiger charge is -2.13. The van der Waals surface area contributed by atoms with Crippen molar-refractivity contribution in [3.05, 3.63) is 47.3 Å². The van der Waals surface area contributed by atoms with Crippen molar-refractivity contribution >= 4 is 28.3 Å². The van der Waals surface area contributed by atoms with E-state index in [-0.39, 0.29) is 5.91 Å². The minimum Gasteiger partial charge on any atom is -0.464 e. The largest absolute Gasteiger partial charge is 0.464 e. The van der Waals surface area contributed by atoms with Crippen LogP contribution >= 0.6 is 11.3 Å². The minimum atomic E-state index is -0.453. The first-order valence-electron chi connectivity index (χ1n) is 8.11. The lowest BCUT2D eigenvalue weighted by molar-refractivity contribution is -0.114. The van der Waals surface area contributed by atoms with Crippen LogP contribution in [0.3, 0.4) is 0 Å². The Labute approximate surface area is 153 Å². The minimum absolute atomic E-state index is 0.164. The molecule has 0 unspecified atom stereocenters. The number of amides is 1. The maximum atomic E-state index is 12.2. The lowest BCUT2D eigenvalue weighted by atomic mass is 9.97. The maximum Gasteiger partial charge on any atom is 0.358 e. The molecule has 0 spiro atoms. The monoisotopic (exact) mass is 368 g/mol. The summed E-state index contributed by atoms with van der Waals surface area (Å²) < 4.78 is 6.67. The van der Waals surface area contributed by atoms with E-state index in [0.717, 1.165) is 27.5 Å². The van der Waals surface area contributed by atoms with Crippen molar-refractivity contribution in [2.45, 2.75) is 19.8 Å². The van der Waals surface area contributed by atoms with Crippen LogP contribution in [0.25, 0.3) is 16.3 Å². The summed E-state index contributed by atoms with van der Waals surface area (Å²) in [5.41, 5.74) is 3.77. The van der Waals surface area contributed by atoms with Gasteiger partial charge in [0.1, 0.15) is 0 Å². The van der Waals surface area contributed by atoms with Crippen molar-refractivity contribution in [3.63, 3.8) is 0 Å². The number of aryl methyl sites for hydroxylation is 1. The van der Waals surface area contributed by atoms with Gasteiger partial charge in [-0.15, -0.1) is 0 Å². The zero-order valence-electron chi connectivity index (χ0n) is 14.3. The van der Waals surface area contributed by atoms with E-state index in [0.29, 0.717) is 23.7 Å². The topological polar surface area (TPSA) is 86.1 Å². The predicted molar refractivity (Wildman–Crippen MR) is 97.7 cm³/mol. The van der Waals surface area contributed by atoms with E-state index >= 15 is 0 Å². The van der Waals surface area contributed by atoms with E-state index in [2.05, 4.69) is 15.4 Å². The normalized spacial score (nSPS) is 12.2. The molecule has 3 aromatic rings. The highest BCUT2D eigenvalue weighted by atomic mass is 32.1. The number of ether oxygens (including phenoxy) is 1. The highest BCUT2D eigenvalue weighted by Crippen LogP contribution is 2.42. The van der Waals surface area contributed by atoms with Gasteiger partial charge in [-0.3, -0.25) is 4.79 Å². The summed E-state index contributed by atoms with van der Waals surface area (Å²) in [6.45, 7) is 1.45. The van der Waals surface area contributed by atoms with Crippen LogP contribution < -0.4 is 5.32 Å². The number of rotatable bonds is 3. The van der Waals surface area contributed by atoms with Gasteiger partial charge in [0, 0.05) is 12.5 Å². The summed E-state index contributed by atoms with van der Waals surface area (Å²) in [5.74, 6) is -0.617. The van der Waals surface area contributed by atoms with Gasteiger partial charge in [0.2, 0.25) is 5.91 Å². The van der Waals surface area contributed by atoms with Crippen molar-refractivity contribution in [2.24, 2.45) is 0 Å². The molecule has 0 saturated carbocycles. The molecule has 1 aliphatic rings. The molecule has 8 heteroatoms. The zero-order valence-corrected chi connectivity index (χ0v) is 15.1. The highest BCUT2D eigenvalue weighted by molar-refractivity contribution is 7.19. The Morgan fingerprint density at radius 3 is 2.69 bits per heavy atom. The second-order valence-corrected chi connectivity index (χ2v) is 6.89. The molecule has 7 nitrogen and oxygen atoms in total. The predicted octanol–water partition coefficient (Wildman–Crippen LogP) is 2.84. The molecule has 1 aromatic carbocycles. The van der Waals surface area contributed by atoms with Crippen molar-refractivity contribution in [1.29, 1.82) is 0 Å². The number of hydrogen-bond donors (Lipinski definition) is 1. The summed E-state index contributed by atoms with van der Waals surface area (Å²) in [5, 5.41) is 7.83. The van der Waals surface area contributed by atoms with E-state index in [1.165, 1.54) is 25.4 Å². The fourth-order valence-corrected chi connectivity index (χ4v) is 4.21. The number of methoxy groups -OCH3 is 1. The van der Waals surface area contributed by atoms with Crippen molar-refractivity contribution < 1.29 is 14.3 Å². The molecule has 132 valence electrons. The first-order valence-corrected chi connectivity index (χ1v) is 8.93. The average molecular weight is 368 g/mol. The number of aromatic nitrogens is 3. The number of thiazole rings is 1. The summed E-state index contributed by atoms with van der Waals surface area (Å²) in [6, 6.07) is 9.62. The number of para-hydroxylation sites is 1. The van der Waals surface area contributed by atoms with E-state index < -0.39 is 5.97 Å². The van der Waals surface area contributed by atoms with Gasteiger partial charge in [-0.25, -0.2) is 14.5 Å². The standard InChI is InChI=1S/C18H16N4O3S/c1-10(23)19-18-20-13-9-8-12-14(17(24)25-2)21-22(15(12)16(13)26-18)11-6-4-3-5-7-11/h3-7H,8-9H2,1-2H3,(H,19,20,23). The number of esters is 1. The SMILES string of the molecule is COC(=O)c1nn(-c2ccccc2)c2c1CCc1nc(NC(C)=O)sc1-2. The first kappa shape index (κ1) is 16.5. The van der Waals surface area contributed by atoms with Crippen LogP contribution in [0.4, 0.5) is 5.13 Å². The number of carbonyl (C=O) groups is 2. The van der Waals surface area contributed by atoms with Gasteiger partial charge in [0.25, 0.3) is 0 Å². The summed E-state index contributed by atoms with van der Waals surface area (Å²) in [6.07, 6.45) is 1.33. The molecular formula is C18H16N4O3S. The highest BCUT2D eigenvalue weighted by Gasteiger charge is 2.31. The van der Waals surface area contributed by atoms with Crippen LogP contribution in [0.2, 0.25) is 0 Å². The number of fused-ring (bicyclic) bond motifs is 3. The molecule has 4 rings (SSSR count). The van der Waals surface area contributed by atoms with Gasteiger partial charge in [0.05, 0.1) is 29.1 Å². The second-order valence-electron chi connectivity index (χ2n) is 5.89. The quantitative estimate of drug-likeness (QED) is 0.719. The van der Waals surface area contributed by atoms with E-state index in [1.807, 2.05) is 30.3 Å². The molecule has 26 heavy (non-hydrogen) atoms. The smallest absolute Gasteiger partial charge is 0.358 e. The summed E-state index contributed by atoms with van der Waals surface area (Å²) in [7, 11) is 1.35. The molecule has 1 aliphatic carbocycles. The van der Waals surface area contributed by atoms with Crippen LogP contribution in [0, 0.1) is 0 Å². The van der Waals surface area contributed by atoms with E-state index in [1.54, 1.807) is 4.68 Å². The molecule has 0 fully saturated rings. The molecule has 0 bridgehead atoms. The number of carbonyl (C=O) groups excluding carboxylic acids is 2. The van der Waals surface area contributed by atoms with Gasteiger partial charge < -0.3 is 10.1 Å². The molecule has 1 amide bonds. The van der Waals surface area contributed by atoms with Crippen LogP contribution in [0.1, 0.15) is 28.7 Å². The molecule has 0 aliphatic heterocycles. The Bertz CT molecular complexity index is 1010. The summed E-state index contributed by atoms with van der Waals surface area (Å²) >= 11 is 1.39. The number of hydrogen-bond acceptors (Lipinski definition) is 6. The molecule has 2 heterocycles. The Kier molecular flexibility index (Phi) is 4.04. The molecular weight excluding hydrogens is 352 g/mol. The van der Waals surface area contributed by atoms with Crippen molar-refractivity contribution in [2.75, 3.05) is 12.4 Å². The summed E-state index contributed by atoms with van der Waals surface area (Å²) in [4.78, 5) is 29.0. The Hall–Kier alpha value is -3.00. The van der Waals surface area contributed by atoms with Crippen LogP contribution in [-0.4, -0.2) is 33.8 Å². The zero-order chi connectivity index (χ0) is 18.3. The number of anilines is 1. The van der Waals surface area contributed by atoms with Gasteiger partial charge >= 0.3 is 5.97 Å². The molecule has 2 aromatic heterocycles. The van der Waals surface area contributed by atoms with Gasteiger partial charge in [-0.05, 0) is 25.0 Å². The van der Waals surface area contributed by atoms with Crippen molar-refractivity contribution in [3.8, 4) is 16.3 Å². The maximum absolute atomic E-state index is 12.2. The third kappa shape index (κ3) is 2.68. The third-order valence-corrected chi connectivity index (χ3v) is 5.19. The van der Waals surface area contributed by atoms with Gasteiger partial charge in [0.15, 0.2) is 10.8 Å². The van der Waals surface area contributed by atoms with E-state index in [9.17, 15) is 9.59 Å². The Balaban J connectivity index is 1.93. The number of benzene rings is 1.